The summed E-state index contributed by atoms with van der Waals surface area (Å²) in [5, 5.41) is 12.9. The number of carbonyl (C=O) groups is 1. The van der Waals surface area contributed by atoms with Crippen molar-refractivity contribution in [3.05, 3.63) is 64.7 Å². The van der Waals surface area contributed by atoms with Crippen LogP contribution in [0.3, 0.4) is 0 Å². The molecule has 0 aliphatic heterocycles. The first-order valence-electron chi connectivity index (χ1n) is 7.15. The first-order chi connectivity index (χ1) is 11.0. The van der Waals surface area contributed by atoms with Crippen molar-refractivity contribution in [1.29, 1.82) is 0 Å². The second-order valence-electron chi connectivity index (χ2n) is 5.12. The van der Waals surface area contributed by atoms with Crippen molar-refractivity contribution in [2.45, 2.75) is 20.5 Å². The van der Waals surface area contributed by atoms with Crippen molar-refractivity contribution < 1.29 is 19.5 Å². The van der Waals surface area contributed by atoms with Gasteiger partial charge in [0.2, 0.25) is 0 Å². The molecule has 0 saturated carbocycles. The molecular formula is C18H19NO4. The average Bonchev–Trinajstić information content (AvgIpc) is 2.54. The Morgan fingerprint density at radius 1 is 1.13 bits per heavy atom. The van der Waals surface area contributed by atoms with Crippen LogP contribution in [0.2, 0.25) is 0 Å². The molecule has 0 aromatic heterocycles. The van der Waals surface area contributed by atoms with Gasteiger partial charge in [0.15, 0.2) is 5.71 Å². The Morgan fingerprint density at radius 3 is 2.52 bits per heavy atom. The van der Waals surface area contributed by atoms with E-state index in [1.807, 2.05) is 44.2 Å². The molecule has 2 aromatic carbocycles. The lowest BCUT2D eigenvalue weighted by atomic mass is 10.0. The lowest BCUT2D eigenvalue weighted by Crippen LogP contribution is -2.17. The minimum absolute atomic E-state index is 0.146. The summed E-state index contributed by atoms with van der Waals surface area (Å²) in [5.41, 5.74) is 3.39. The molecule has 2 rings (SSSR count). The molecule has 0 spiro atoms. The molecule has 23 heavy (non-hydrogen) atoms. The lowest BCUT2D eigenvalue weighted by molar-refractivity contribution is -0.129. The van der Waals surface area contributed by atoms with E-state index in [4.69, 9.17) is 4.74 Å². The van der Waals surface area contributed by atoms with Gasteiger partial charge < -0.3 is 14.7 Å². The molecule has 2 aromatic rings. The summed E-state index contributed by atoms with van der Waals surface area (Å²) in [6, 6.07) is 12.9. The number of nitrogens with zero attached hydrogens (tertiary/aromatic N) is 1. The number of ether oxygens (including phenoxy) is 1. The largest absolute Gasteiger partial charge is 0.489 e. The maximum atomic E-state index is 11.3. The molecular weight excluding hydrogens is 294 g/mol. The van der Waals surface area contributed by atoms with Gasteiger partial charge in [0.05, 0.1) is 0 Å². The zero-order valence-corrected chi connectivity index (χ0v) is 13.4. The van der Waals surface area contributed by atoms with E-state index in [1.165, 1.54) is 12.7 Å². The maximum absolute atomic E-state index is 11.3. The Hall–Kier alpha value is -2.82. The van der Waals surface area contributed by atoms with E-state index >= 15 is 0 Å². The zero-order chi connectivity index (χ0) is 16.8. The number of carboxylic acids is 1. The number of hydrogen-bond donors (Lipinski definition) is 1. The monoisotopic (exact) mass is 313 g/mol. The number of carboxylic acid groups (broad SMARTS) is 1. The van der Waals surface area contributed by atoms with E-state index in [9.17, 15) is 9.90 Å². The van der Waals surface area contributed by atoms with Gasteiger partial charge in [0.25, 0.3) is 0 Å². The van der Waals surface area contributed by atoms with Gasteiger partial charge in [-0.3, -0.25) is 0 Å². The summed E-state index contributed by atoms with van der Waals surface area (Å²) in [6.07, 6.45) is 0. The highest BCUT2D eigenvalue weighted by Crippen LogP contribution is 2.19. The van der Waals surface area contributed by atoms with Gasteiger partial charge in [-0.05, 0) is 42.7 Å². The molecule has 0 saturated heterocycles. The second kappa shape index (κ2) is 7.45. The predicted molar refractivity (Wildman–Crippen MR) is 87.9 cm³/mol. The second-order valence-corrected chi connectivity index (χ2v) is 5.12. The Bertz CT molecular complexity index is 738. The van der Waals surface area contributed by atoms with E-state index in [0.29, 0.717) is 5.56 Å². The summed E-state index contributed by atoms with van der Waals surface area (Å²) in [6.45, 7) is 4.30. The Kier molecular flexibility index (Phi) is 5.36. The molecule has 0 aliphatic rings. The summed E-state index contributed by atoms with van der Waals surface area (Å²) < 4.78 is 5.79. The summed E-state index contributed by atoms with van der Waals surface area (Å²) in [7, 11) is 1.32. The third kappa shape index (κ3) is 4.10. The fraction of sp³-hybridized carbons (Fsp3) is 0.222. The summed E-state index contributed by atoms with van der Waals surface area (Å²) in [5.74, 6) is -0.408. The number of aryl methyl sites for hydroxylation is 2. The van der Waals surface area contributed by atoms with Crippen LogP contribution in [0.4, 0.5) is 0 Å². The van der Waals surface area contributed by atoms with Crippen molar-refractivity contribution in [3.8, 4) is 5.75 Å². The maximum Gasteiger partial charge on any atom is 0.358 e. The topological polar surface area (TPSA) is 68.1 Å². The van der Waals surface area contributed by atoms with Crippen LogP contribution in [0.5, 0.6) is 5.75 Å². The Balaban J connectivity index is 2.25. The van der Waals surface area contributed by atoms with Crippen LogP contribution < -0.4 is 4.74 Å². The van der Waals surface area contributed by atoms with Crippen molar-refractivity contribution in [2.24, 2.45) is 5.16 Å². The molecule has 5 nitrogen and oxygen atoms in total. The third-order valence-electron chi connectivity index (χ3n) is 3.53. The number of oxime groups is 1. The normalized spacial score (nSPS) is 11.2. The molecule has 5 heteroatoms. The van der Waals surface area contributed by atoms with Crippen LogP contribution in [0, 0.1) is 13.8 Å². The van der Waals surface area contributed by atoms with E-state index in [0.717, 1.165) is 16.9 Å². The molecule has 0 heterocycles. The number of rotatable bonds is 6. The number of hydrogen-bond acceptors (Lipinski definition) is 4. The summed E-state index contributed by atoms with van der Waals surface area (Å²) in [4.78, 5) is 16.0. The molecule has 0 aliphatic carbocycles. The van der Waals surface area contributed by atoms with Crippen molar-refractivity contribution >= 4 is 11.7 Å². The fourth-order valence-corrected chi connectivity index (χ4v) is 2.14. The van der Waals surface area contributed by atoms with E-state index in [2.05, 4.69) is 9.99 Å². The minimum Gasteiger partial charge on any atom is -0.489 e. The minimum atomic E-state index is -1.15. The van der Waals surface area contributed by atoms with Gasteiger partial charge in [-0.1, -0.05) is 35.5 Å². The van der Waals surface area contributed by atoms with Gasteiger partial charge in [-0.2, -0.15) is 0 Å². The molecule has 120 valence electrons. The first-order valence-corrected chi connectivity index (χ1v) is 7.15. The van der Waals surface area contributed by atoms with Crippen molar-refractivity contribution in [1.82, 2.24) is 0 Å². The standard InChI is InChI=1S/C18H19NO4/c1-12-8-9-15(10-13(12)2)23-11-14-6-4-5-7-16(14)17(18(20)21)19-22-3/h4-10H,11H2,1-3H3,(H,20,21)/b19-17+. The molecule has 0 atom stereocenters. The van der Waals surface area contributed by atoms with Crippen molar-refractivity contribution in [3.63, 3.8) is 0 Å². The molecule has 0 fully saturated rings. The smallest absolute Gasteiger partial charge is 0.358 e. The predicted octanol–water partition coefficient (Wildman–Crippen LogP) is 3.32. The van der Waals surface area contributed by atoms with Gasteiger partial charge >= 0.3 is 5.97 Å². The van der Waals surface area contributed by atoms with Crippen LogP contribution in [0.25, 0.3) is 0 Å². The molecule has 0 amide bonds. The van der Waals surface area contributed by atoms with Gasteiger partial charge in [-0.25, -0.2) is 4.79 Å². The molecule has 0 bridgehead atoms. The lowest BCUT2D eigenvalue weighted by Gasteiger charge is -2.12. The molecule has 0 unspecified atom stereocenters. The SMILES string of the molecule is CO/N=C(/C(=O)O)c1ccccc1COc1ccc(C)c(C)c1. The zero-order valence-electron chi connectivity index (χ0n) is 13.4. The number of aliphatic carboxylic acids is 1. The fourth-order valence-electron chi connectivity index (χ4n) is 2.14. The van der Waals surface area contributed by atoms with Gasteiger partial charge in [0.1, 0.15) is 19.5 Å². The highest BCUT2D eigenvalue weighted by Gasteiger charge is 2.17. The van der Waals surface area contributed by atoms with Crippen LogP contribution in [-0.2, 0) is 16.2 Å². The van der Waals surface area contributed by atoms with Crippen LogP contribution >= 0.6 is 0 Å². The highest BCUT2D eigenvalue weighted by molar-refractivity contribution is 6.42. The van der Waals surface area contributed by atoms with E-state index in [1.54, 1.807) is 12.1 Å². The van der Waals surface area contributed by atoms with Gasteiger partial charge in [0, 0.05) is 5.56 Å². The Labute approximate surface area is 135 Å². The van der Waals surface area contributed by atoms with E-state index in [-0.39, 0.29) is 12.3 Å². The highest BCUT2D eigenvalue weighted by atomic mass is 16.6. The van der Waals surface area contributed by atoms with Crippen LogP contribution in [0.15, 0.2) is 47.6 Å². The quantitative estimate of drug-likeness (QED) is 0.656. The van der Waals surface area contributed by atoms with E-state index < -0.39 is 5.97 Å². The first kappa shape index (κ1) is 16.5. The third-order valence-corrected chi connectivity index (χ3v) is 3.53. The Morgan fingerprint density at radius 2 is 1.87 bits per heavy atom. The average molecular weight is 313 g/mol. The van der Waals surface area contributed by atoms with Crippen LogP contribution in [-0.4, -0.2) is 23.9 Å². The van der Waals surface area contributed by atoms with Crippen molar-refractivity contribution in [2.75, 3.05) is 7.11 Å². The number of benzene rings is 2. The molecule has 0 radical (unpaired) electrons. The summed E-state index contributed by atoms with van der Waals surface area (Å²) >= 11 is 0. The van der Waals surface area contributed by atoms with Gasteiger partial charge in [-0.15, -0.1) is 0 Å². The van der Waals surface area contributed by atoms with Crippen LogP contribution in [0.1, 0.15) is 22.3 Å². The molecule has 1 N–H and O–H groups in total.